The Morgan fingerprint density at radius 2 is 2.35 bits per heavy atom. The van der Waals surface area contributed by atoms with Gasteiger partial charge in [0.2, 0.25) is 10.0 Å². The Kier molecular flexibility index (Phi) is 5.00. The normalized spacial score (nSPS) is 22.0. The van der Waals surface area contributed by atoms with Gasteiger partial charge < -0.3 is 4.74 Å². The van der Waals surface area contributed by atoms with Gasteiger partial charge in [0.1, 0.15) is 6.10 Å². The molecular formula is C14H21N3O4S2. The first kappa shape index (κ1) is 16.8. The average molecular weight is 359 g/mol. The molecular weight excluding hydrogens is 338 g/mol. The second-order valence-electron chi connectivity index (χ2n) is 5.78. The lowest BCUT2D eigenvalue weighted by molar-refractivity contribution is -0.124. The summed E-state index contributed by atoms with van der Waals surface area (Å²) in [6.07, 6.45) is 2.44. The highest BCUT2D eigenvalue weighted by Crippen LogP contribution is 2.30. The van der Waals surface area contributed by atoms with Crippen molar-refractivity contribution in [1.82, 2.24) is 9.29 Å². The summed E-state index contributed by atoms with van der Waals surface area (Å²) in [5.74, 6) is 0.00748. The number of anilines is 1. The van der Waals surface area contributed by atoms with E-state index in [1.54, 1.807) is 0 Å². The van der Waals surface area contributed by atoms with E-state index in [0.29, 0.717) is 37.7 Å². The molecule has 1 saturated heterocycles. The highest BCUT2D eigenvalue weighted by atomic mass is 32.2. The van der Waals surface area contributed by atoms with Crippen LogP contribution >= 0.6 is 11.3 Å². The number of nitrogens with zero attached hydrogens (tertiary/aromatic N) is 2. The largest absolute Gasteiger partial charge is 0.368 e. The predicted octanol–water partition coefficient (Wildman–Crippen LogP) is 1.36. The number of hydrogen-bond donors (Lipinski definition) is 1. The molecule has 1 aromatic rings. The number of fused-ring (bicyclic) bond motifs is 1. The van der Waals surface area contributed by atoms with Gasteiger partial charge in [-0.05, 0) is 19.3 Å². The van der Waals surface area contributed by atoms with Crippen LogP contribution in [0.15, 0.2) is 0 Å². The Hall–Kier alpha value is -1.03. The summed E-state index contributed by atoms with van der Waals surface area (Å²) in [4.78, 5) is 17.4. The number of carbonyl (C=O) groups excluding carboxylic acids is 1. The molecule has 0 spiro atoms. The van der Waals surface area contributed by atoms with Crippen molar-refractivity contribution in [3.8, 4) is 0 Å². The number of nitrogens with one attached hydrogen (secondary N) is 1. The first-order valence-electron chi connectivity index (χ1n) is 7.88. The Balaban J connectivity index is 1.68. The molecule has 0 radical (unpaired) electrons. The van der Waals surface area contributed by atoms with Gasteiger partial charge in [0.25, 0.3) is 5.91 Å². The van der Waals surface area contributed by atoms with Gasteiger partial charge in [-0.25, -0.2) is 13.4 Å². The molecule has 1 fully saturated rings. The zero-order valence-corrected chi connectivity index (χ0v) is 14.7. The minimum atomic E-state index is -3.20. The Labute approximate surface area is 140 Å². The maximum absolute atomic E-state index is 12.2. The number of aromatic nitrogens is 1. The molecule has 128 valence electrons. The van der Waals surface area contributed by atoms with Gasteiger partial charge in [-0.1, -0.05) is 6.92 Å². The zero-order valence-electron chi connectivity index (χ0n) is 13.1. The maximum Gasteiger partial charge on any atom is 0.255 e. The molecule has 9 heteroatoms. The van der Waals surface area contributed by atoms with Crippen LogP contribution in [0.5, 0.6) is 0 Å². The van der Waals surface area contributed by atoms with Crippen LogP contribution in [-0.4, -0.2) is 48.6 Å². The average Bonchev–Trinajstić information content (AvgIpc) is 3.15. The van der Waals surface area contributed by atoms with Gasteiger partial charge in [0.15, 0.2) is 5.13 Å². The smallest absolute Gasteiger partial charge is 0.255 e. The fourth-order valence-electron chi connectivity index (χ4n) is 2.82. The minimum Gasteiger partial charge on any atom is -0.368 e. The van der Waals surface area contributed by atoms with Crippen LogP contribution in [0.3, 0.4) is 0 Å². The Bertz CT molecular complexity index is 680. The Morgan fingerprint density at radius 3 is 3.04 bits per heavy atom. The van der Waals surface area contributed by atoms with Crippen molar-refractivity contribution in [3.63, 3.8) is 0 Å². The summed E-state index contributed by atoms with van der Waals surface area (Å²) in [6.45, 7) is 3.29. The van der Waals surface area contributed by atoms with Gasteiger partial charge in [0.05, 0.1) is 11.4 Å². The maximum atomic E-state index is 12.2. The van der Waals surface area contributed by atoms with Gasteiger partial charge in [-0.15, -0.1) is 11.3 Å². The quantitative estimate of drug-likeness (QED) is 0.857. The van der Waals surface area contributed by atoms with E-state index in [1.807, 2.05) is 6.92 Å². The molecule has 0 aliphatic carbocycles. The Morgan fingerprint density at radius 1 is 1.52 bits per heavy atom. The van der Waals surface area contributed by atoms with E-state index in [4.69, 9.17) is 4.74 Å². The van der Waals surface area contributed by atoms with E-state index < -0.39 is 16.1 Å². The molecule has 2 aliphatic rings. The third kappa shape index (κ3) is 3.73. The number of carbonyl (C=O) groups is 1. The molecule has 7 nitrogen and oxygen atoms in total. The van der Waals surface area contributed by atoms with E-state index in [0.717, 1.165) is 23.4 Å². The van der Waals surface area contributed by atoms with Crippen molar-refractivity contribution in [1.29, 1.82) is 0 Å². The highest BCUT2D eigenvalue weighted by Gasteiger charge is 2.29. The first-order valence-corrected chi connectivity index (χ1v) is 10.3. The zero-order chi connectivity index (χ0) is 16.4. The number of rotatable bonds is 5. The van der Waals surface area contributed by atoms with E-state index >= 15 is 0 Å². The lowest BCUT2D eigenvalue weighted by Gasteiger charge is -2.25. The molecule has 1 unspecified atom stereocenters. The summed E-state index contributed by atoms with van der Waals surface area (Å²) in [5, 5.41) is 3.33. The molecule has 1 atom stereocenters. The molecule has 2 aliphatic heterocycles. The monoisotopic (exact) mass is 359 g/mol. The highest BCUT2D eigenvalue weighted by molar-refractivity contribution is 7.89. The van der Waals surface area contributed by atoms with Crippen molar-refractivity contribution in [2.45, 2.75) is 45.3 Å². The molecule has 3 rings (SSSR count). The molecule has 1 aromatic heterocycles. The topological polar surface area (TPSA) is 88.6 Å². The lowest BCUT2D eigenvalue weighted by Crippen LogP contribution is -2.36. The third-order valence-electron chi connectivity index (χ3n) is 4.00. The number of amides is 1. The standard InChI is InChI=1S/C14H21N3O4S2/c1-2-8-23(19,20)17-6-5-10-12(9-17)22-14(15-10)16-13(18)11-4-3-7-21-11/h11H,2-9H2,1H3,(H,15,16,18). The van der Waals surface area contributed by atoms with Crippen LogP contribution in [0.25, 0.3) is 0 Å². The molecule has 0 bridgehead atoms. The summed E-state index contributed by atoms with van der Waals surface area (Å²) < 4.78 is 31.2. The van der Waals surface area contributed by atoms with E-state index in [1.165, 1.54) is 15.6 Å². The minimum absolute atomic E-state index is 0.163. The van der Waals surface area contributed by atoms with Crippen molar-refractivity contribution >= 4 is 32.4 Å². The molecule has 23 heavy (non-hydrogen) atoms. The number of hydrogen-bond acceptors (Lipinski definition) is 6. The van der Waals surface area contributed by atoms with Gasteiger partial charge in [0, 0.05) is 31.0 Å². The van der Waals surface area contributed by atoms with Crippen LogP contribution < -0.4 is 5.32 Å². The molecule has 3 heterocycles. The first-order chi connectivity index (χ1) is 11.0. The second kappa shape index (κ2) is 6.84. The van der Waals surface area contributed by atoms with Crippen molar-refractivity contribution in [2.75, 3.05) is 24.2 Å². The van der Waals surface area contributed by atoms with Crippen molar-refractivity contribution < 1.29 is 17.9 Å². The van der Waals surface area contributed by atoms with E-state index in [2.05, 4.69) is 10.3 Å². The fourth-order valence-corrected chi connectivity index (χ4v) is 5.40. The van der Waals surface area contributed by atoms with Crippen LogP contribution in [0.1, 0.15) is 36.8 Å². The van der Waals surface area contributed by atoms with Crippen LogP contribution in [0, 0.1) is 0 Å². The number of ether oxygens (including phenoxy) is 1. The SMILES string of the molecule is CCCS(=O)(=O)N1CCc2nc(NC(=O)C3CCCO3)sc2C1. The summed E-state index contributed by atoms with van der Waals surface area (Å²) >= 11 is 1.36. The predicted molar refractivity (Wildman–Crippen MR) is 87.9 cm³/mol. The van der Waals surface area contributed by atoms with Crippen molar-refractivity contribution in [3.05, 3.63) is 10.6 Å². The van der Waals surface area contributed by atoms with E-state index in [9.17, 15) is 13.2 Å². The summed E-state index contributed by atoms with van der Waals surface area (Å²) in [6, 6.07) is 0. The fraction of sp³-hybridized carbons (Fsp3) is 0.714. The van der Waals surface area contributed by atoms with Crippen molar-refractivity contribution in [2.24, 2.45) is 0 Å². The van der Waals surface area contributed by atoms with Crippen LogP contribution in [-0.2, 0) is 32.5 Å². The third-order valence-corrected chi connectivity index (χ3v) is 7.02. The van der Waals surface area contributed by atoms with Gasteiger partial charge in [-0.2, -0.15) is 4.31 Å². The van der Waals surface area contributed by atoms with Gasteiger partial charge >= 0.3 is 0 Å². The number of thiazole rings is 1. The van der Waals surface area contributed by atoms with Crippen LogP contribution in [0.2, 0.25) is 0 Å². The van der Waals surface area contributed by atoms with Gasteiger partial charge in [-0.3, -0.25) is 10.1 Å². The summed E-state index contributed by atoms with van der Waals surface area (Å²) in [7, 11) is -3.20. The molecule has 0 saturated carbocycles. The second-order valence-corrected chi connectivity index (χ2v) is 8.95. The molecule has 1 amide bonds. The lowest BCUT2D eigenvalue weighted by atomic mass is 10.2. The summed E-state index contributed by atoms with van der Waals surface area (Å²) in [5.41, 5.74) is 0.889. The molecule has 0 aromatic carbocycles. The number of sulfonamides is 1. The molecule has 1 N–H and O–H groups in total. The van der Waals surface area contributed by atoms with Crippen LogP contribution in [0.4, 0.5) is 5.13 Å². The van der Waals surface area contributed by atoms with E-state index in [-0.39, 0.29) is 11.7 Å².